The number of amides is 1. The van der Waals surface area contributed by atoms with Crippen molar-refractivity contribution < 1.29 is 9.53 Å². The van der Waals surface area contributed by atoms with Crippen LogP contribution in [0.4, 0.5) is 5.69 Å². The standard InChI is InChI=1S/C14H18N6O2/c1-22-12(8-15)14(21)16-10-4-2-3-9(7-10)13-17-18-19-20(13)11-5-6-11/h2-4,7,11-12H,5-6,8,15H2,1H3,(H,16,21). The minimum Gasteiger partial charge on any atom is -0.370 e. The van der Waals surface area contributed by atoms with Crippen LogP contribution in [0.3, 0.4) is 0 Å². The molecule has 22 heavy (non-hydrogen) atoms. The third-order valence-electron chi connectivity index (χ3n) is 3.56. The highest BCUT2D eigenvalue weighted by Gasteiger charge is 2.28. The summed E-state index contributed by atoms with van der Waals surface area (Å²) >= 11 is 0. The number of nitrogens with one attached hydrogen (secondary N) is 1. The second-order valence-corrected chi connectivity index (χ2v) is 5.21. The normalized spacial score (nSPS) is 15.5. The number of anilines is 1. The van der Waals surface area contributed by atoms with Crippen LogP contribution in [0.15, 0.2) is 24.3 Å². The fraction of sp³-hybridized carbons (Fsp3) is 0.429. The highest BCUT2D eigenvalue weighted by Crippen LogP contribution is 2.36. The molecule has 8 nitrogen and oxygen atoms in total. The monoisotopic (exact) mass is 302 g/mol. The highest BCUT2D eigenvalue weighted by atomic mass is 16.5. The van der Waals surface area contributed by atoms with Crippen LogP contribution in [0, 0.1) is 0 Å². The first-order valence-electron chi connectivity index (χ1n) is 7.15. The lowest BCUT2D eigenvalue weighted by molar-refractivity contribution is -0.125. The Morgan fingerprint density at radius 3 is 3.05 bits per heavy atom. The number of hydrogen-bond acceptors (Lipinski definition) is 6. The topological polar surface area (TPSA) is 108 Å². The molecule has 0 radical (unpaired) electrons. The molecule has 1 saturated carbocycles. The van der Waals surface area contributed by atoms with Gasteiger partial charge in [0.1, 0.15) is 6.10 Å². The van der Waals surface area contributed by atoms with Gasteiger partial charge in [0, 0.05) is 24.9 Å². The molecule has 1 fully saturated rings. The van der Waals surface area contributed by atoms with Crippen molar-refractivity contribution in [2.75, 3.05) is 19.0 Å². The van der Waals surface area contributed by atoms with Gasteiger partial charge in [-0.15, -0.1) is 5.10 Å². The zero-order valence-electron chi connectivity index (χ0n) is 12.3. The Morgan fingerprint density at radius 2 is 2.36 bits per heavy atom. The van der Waals surface area contributed by atoms with E-state index in [1.54, 1.807) is 6.07 Å². The maximum Gasteiger partial charge on any atom is 0.254 e. The summed E-state index contributed by atoms with van der Waals surface area (Å²) in [6.45, 7) is 0.127. The van der Waals surface area contributed by atoms with Crippen molar-refractivity contribution in [1.29, 1.82) is 0 Å². The number of carbonyl (C=O) groups excluding carboxylic acids is 1. The first-order valence-corrected chi connectivity index (χ1v) is 7.15. The number of benzene rings is 1. The number of nitrogens with zero attached hydrogens (tertiary/aromatic N) is 4. The fourth-order valence-electron chi connectivity index (χ4n) is 2.22. The van der Waals surface area contributed by atoms with E-state index in [2.05, 4.69) is 20.8 Å². The summed E-state index contributed by atoms with van der Waals surface area (Å²) in [7, 11) is 1.46. The van der Waals surface area contributed by atoms with Gasteiger partial charge in [-0.05, 0) is 35.4 Å². The van der Waals surface area contributed by atoms with E-state index in [9.17, 15) is 4.79 Å². The van der Waals surface area contributed by atoms with Crippen LogP contribution in [-0.2, 0) is 9.53 Å². The van der Waals surface area contributed by atoms with E-state index in [0.29, 0.717) is 17.6 Å². The molecule has 1 heterocycles. The molecule has 0 aliphatic heterocycles. The zero-order chi connectivity index (χ0) is 15.5. The van der Waals surface area contributed by atoms with E-state index in [-0.39, 0.29) is 12.5 Å². The smallest absolute Gasteiger partial charge is 0.254 e. The molecule has 1 unspecified atom stereocenters. The van der Waals surface area contributed by atoms with Crippen LogP contribution in [0.25, 0.3) is 11.4 Å². The van der Waals surface area contributed by atoms with Crippen LogP contribution < -0.4 is 11.1 Å². The largest absolute Gasteiger partial charge is 0.370 e. The maximum atomic E-state index is 12.0. The van der Waals surface area contributed by atoms with E-state index in [0.717, 1.165) is 18.4 Å². The average molecular weight is 302 g/mol. The number of methoxy groups -OCH3 is 1. The maximum absolute atomic E-state index is 12.0. The van der Waals surface area contributed by atoms with Gasteiger partial charge in [-0.1, -0.05) is 12.1 Å². The summed E-state index contributed by atoms with van der Waals surface area (Å²) in [5, 5.41) is 14.6. The zero-order valence-corrected chi connectivity index (χ0v) is 12.3. The predicted molar refractivity (Wildman–Crippen MR) is 80.0 cm³/mol. The summed E-state index contributed by atoms with van der Waals surface area (Å²) in [5.41, 5.74) is 7.00. The third-order valence-corrected chi connectivity index (χ3v) is 3.56. The van der Waals surface area contributed by atoms with Crippen molar-refractivity contribution in [3.05, 3.63) is 24.3 Å². The summed E-state index contributed by atoms with van der Waals surface area (Å²) in [6.07, 6.45) is 1.53. The van der Waals surface area contributed by atoms with Gasteiger partial charge in [0.15, 0.2) is 5.82 Å². The summed E-state index contributed by atoms with van der Waals surface area (Å²) in [5.74, 6) is 0.435. The van der Waals surface area contributed by atoms with Gasteiger partial charge in [0.05, 0.1) is 6.04 Å². The van der Waals surface area contributed by atoms with Crippen molar-refractivity contribution in [2.24, 2.45) is 5.73 Å². The predicted octanol–water partition coefficient (Wildman–Crippen LogP) is 0.587. The van der Waals surface area contributed by atoms with Gasteiger partial charge in [0.25, 0.3) is 5.91 Å². The van der Waals surface area contributed by atoms with Gasteiger partial charge < -0.3 is 15.8 Å². The fourth-order valence-corrected chi connectivity index (χ4v) is 2.22. The van der Waals surface area contributed by atoms with Gasteiger partial charge in [-0.2, -0.15) is 0 Å². The Labute approximate surface area is 127 Å². The van der Waals surface area contributed by atoms with Crippen molar-refractivity contribution in [3.8, 4) is 11.4 Å². The number of rotatable bonds is 6. The quantitative estimate of drug-likeness (QED) is 0.808. The minimum absolute atomic E-state index is 0.127. The first-order chi connectivity index (χ1) is 10.7. The molecule has 3 N–H and O–H groups in total. The number of aromatic nitrogens is 4. The molecule has 0 bridgehead atoms. The van der Waals surface area contributed by atoms with Crippen LogP contribution in [0.1, 0.15) is 18.9 Å². The Balaban J connectivity index is 1.80. The van der Waals surface area contributed by atoms with Crippen molar-refractivity contribution in [3.63, 3.8) is 0 Å². The highest BCUT2D eigenvalue weighted by molar-refractivity contribution is 5.94. The van der Waals surface area contributed by atoms with E-state index in [1.807, 2.05) is 22.9 Å². The van der Waals surface area contributed by atoms with E-state index < -0.39 is 6.10 Å². The van der Waals surface area contributed by atoms with Gasteiger partial charge in [-0.25, -0.2) is 4.68 Å². The van der Waals surface area contributed by atoms with Gasteiger partial charge in [-0.3, -0.25) is 4.79 Å². The molecular formula is C14H18N6O2. The molecule has 1 amide bonds. The second kappa shape index (κ2) is 6.20. The molecule has 1 aromatic carbocycles. The Morgan fingerprint density at radius 1 is 1.55 bits per heavy atom. The lowest BCUT2D eigenvalue weighted by atomic mass is 10.2. The first kappa shape index (κ1) is 14.6. The minimum atomic E-state index is -0.666. The van der Waals surface area contributed by atoms with E-state index in [1.165, 1.54) is 7.11 Å². The number of carbonyl (C=O) groups is 1. The number of ether oxygens (including phenoxy) is 1. The van der Waals surface area contributed by atoms with Crippen molar-refractivity contribution >= 4 is 11.6 Å². The van der Waals surface area contributed by atoms with Crippen LogP contribution in [0.5, 0.6) is 0 Å². The molecule has 1 aliphatic rings. The Bertz CT molecular complexity index is 663. The summed E-state index contributed by atoms with van der Waals surface area (Å²) in [4.78, 5) is 12.0. The molecule has 8 heteroatoms. The summed E-state index contributed by atoms with van der Waals surface area (Å²) < 4.78 is 6.85. The third kappa shape index (κ3) is 2.97. The number of hydrogen-bond donors (Lipinski definition) is 2. The lowest BCUT2D eigenvalue weighted by Gasteiger charge is -2.13. The van der Waals surface area contributed by atoms with E-state index >= 15 is 0 Å². The Kier molecular flexibility index (Phi) is 4.12. The lowest BCUT2D eigenvalue weighted by Crippen LogP contribution is -2.35. The molecule has 116 valence electrons. The van der Waals surface area contributed by atoms with Gasteiger partial charge in [0.2, 0.25) is 0 Å². The number of tetrazole rings is 1. The summed E-state index contributed by atoms with van der Waals surface area (Å²) in [6, 6.07) is 7.79. The molecule has 2 aromatic rings. The average Bonchev–Trinajstić information content (AvgIpc) is 3.25. The molecule has 1 atom stereocenters. The van der Waals surface area contributed by atoms with Crippen molar-refractivity contribution in [1.82, 2.24) is 20.2 Å². The van der Waals surface area contributed by atoms with Gasteiger partial charge >= 0.3 is 0 Å². The van der Waals surface area contributed by atoms with Crippen LogP contribution in [-0.4, -0.2) is 45.9 Å². The number of nitrogens with two attached hydrogens (primary N) is 1. The molecule has 3 rings (SSSR count). The van der Waals surface area contributed by atoms with Crippen LogP contribution in [0.2, 0.25) is 0 Å². The molecular weight excluding hydrogens is 284 g/mol. The molecule has 1 aromatic heterocycles. The van der Waals surface area contributed by atoms with Crippen LogP contribution >= 0.6 is 0 Å². The Hall–Kier alpha value is -2.32. The molecule has 0 saturated heterocycles. The molecule has 0 spiro atoms. The van der Waals surface area contributed by atoms with Crippen molar-refractivity contribution in [2.45, 2.75) is 25.0 Å². The second-order valence-electron chi connectivity index (χ2n) is 5.21. The SMILES string of the molecule is COC(CN)C(=O)Nc1cccc(-c2nnnn2C2CC2)c1. The molecule has 1 aliphatic carbocycles. The van der Waals surface area contributed by atoms with E-state index in [4.69, 9.17) is 10.5 Å².